The maximum Gasteiger partial charge on any atom is 0.279 e. The molecule has 1 aliphatic heterocycles. The van der Waals surface area contributed by atoms with Gasteiger partial charge in [-0.2, -0.15) is 0 Å². The van der Waals surface area contributed by atoms with Crippen LogP contribution in [0.15, 0.2) is 11.1 Å². The van der Waals surface area contributed by atoms with E-state index >= 15 is 0 Å². The molecule has 25 heavy (non-hydrogen) atoms. The van der Waals surface area contributed by atoms with Crippen molar-refractivity contribution in [1.82, 2.24) is 19.5 Å². The van der Waals surface area contributed by atoms with Crippen molar-refractivity contribution in [1.29, 1.82) is 0 Å². The average Bonchev–Trinajstić information content (AvgIpc) is 2.97. The van der Waals surface area contributed by atoms with E-state index in [0.717, 1.165) is 6.16 Å². The molecule has 3 rings (SSSR count). The van der Waals surface area contributed by atoms with Gasteiger partial charge in [0.15, 0.2) is 17.4 Å². The number of aromatic nitrogens is 4. The van der Waals surface area contributed by atoms with Gasteiger partial charge in [-0.05, 0) is 39.8 Å². The lowest BCUT2D eigenvalue weighted by atomic mass is 9.95. The Morgan fingerprint density at radius 3 is 2.84 bits per heavy atom. The fourth-order valence-electron chi connectivity index (χ4n) is 3.16. The first-order valence-electron chi connectivity index (χ1n) is 8.17. The van der Waals surface area contributed by atoms with Crippen LogP contribution < -0.4 is 5.56 Å². The van der Waals surface area contributed by atoms with E-state index in [-0.39, 0.29) is 11.1 Å². The molecule has 138 valence electrons. The molecular weight excluding hydrogens is 343 g/mol. The second-order valence-corrected chi connectivity index (χ2v) is 11.9. The maximum absolute atomic E-state index is 12.0. The molecule has 0 radical (unpaired) electrons. The van der Waals surface area contributed by atoms with Crippen molar-refractivity contribution in [2.45, 2.75) is 44.3 Å². The third kappa shape index (κ3) is 3.31. The van der Waals surface area contributed by atoms with Crippen LogP contribution in [0.25, 0.3) is 11.2 Å². The minimum Gasteiger partial charge on any atom is -0.387 e. The Balaban J connectivity index is 1.97. The second kappa shape index (κ2) is 6.06. The molecule has 9 heteroatoms. The molecule has 0 aromatic carbocycles. The van der Waals surface area contributed by atoms with Gasteiger partial charge >= 0.3 is 0 Å². The summed E-state index contributed by atoms with van der Waals surface area (Å²) >= 11 is 0. The Hall–Kier alpha value is -1.47. The summed E-state index contributed by atoms with van der Waals surface area (Å²) in [5.41, 5.74) is -1.38. The van der Waals surface area contributed by atoms with Gasteiger partial charge in [0.05, 0.1) is 12.4 Å². The van der Waals surface area contributed by atoms with E-state index in [1.54, 1.807) is 6.92 Å². The van der Waals surface area contributed by atoms with Crippen molar-refractivity contribution in [2.24, 2.45) is 0 Å². The monoisotopic (exact) mass is 368 g/mol. The fraction of sp³-hybridized carbons (Fsp3) is 0.625. The molecule has 0 aliphatic carbocycles. The van der Waals surface area contributed by atoms with E-state index in [2.05, 4.69) is 34.6 Å². The van der Waals surface area contributed by atoms with Gasteiger partial charge < -0.3 is 19.9 Å². The predicted molar refractivity (Wildman–Crippen MR) is 98.8 cm³/mol. The third-order valence-corrected chi connectivity index (χ3v) is 6.05. The Kier molecular flexibility index (Phi) is 4.44. The minimum absolute atomic E-state index is 0.174. The summed E-state index contributed by atoms with van der Waals surface area (Å²) in [7, 11) is 0. The quantitative estimate of drug-likeness (QED) is 0.679. The first-order valence-corrected chi connectivity index (χ1v) is 11.2. The molecule has 1 fully saturated rings. The molecule has 2 aromatic heterocycles. The highest BCUT2D eigenvalue weighted by Crippen LogP contribution is 2.43. The minimum atomic E-state index is -1.53. The van der Waals surface area contributed by atoms with Crippen molar-refractivity contribution in [3.63, 3.8) is 0 Å². The highest BCUT2D eigenvalue weighted by Gasteiger charge is 2.53. The fourth-order valence-corrected chi connectivity index (χ4v) is 4.11. The topological polar surface area (TPSA) is 113 Å². The zero-order chi connectivity index (χ0) is 18.6. The maximum atomic E-state index is 12.0. The van der Waals surface area contributed by atoms with Crippen LogP contribution in [0.3, 0.4) is 0 Å². The number of aliphatic hydroxyl groups excluding tert-OH is 1. The smallest absolute Gasteiger partial charge is 0.279 e. The summed E-state index contributed by atoms with van der Waals surface area (Å²) in [6.07, 6.45) is 4.60. The number of fused-ring (bicyclic) bond motifs is 1. The summed E-state index contributed by atoms with van der Waals surface area (Å²) in [6, 6.07) is 0. The SMILES string of the molecule is C=P(C)(C)CC[C@H]1O[C@@H](n2cnc3c(=O)[nH]c(C)nc32)[C@@](C)(O)[C@@H]1O. The molecule has 0 spiro atoms. The second-order valence-electron chi connectivity index (χ2n) is 7.62. The van der Waals surface area contributed by atoms with E-state index in [9.17, 15) is 15.0 Å². The van der Waals surface area contributed by atoms with Gasteiger partial charge in [-0.25, -0.2) is 9.97 Å². The van der Waals surface area contributed by atoms with Crippen LogP contribution in [-0.2, 0) is 4.74 Å². The van der Waals surface area contributed by atoms with Crippen LogP contribution in [0, 0.1) is 6.92 Å². The molecular formula is C16H25N4O4P. The van der Waals surface area contributed by atoms with Crippen LogP contribution in [0.4, 0.5) is 0 Å². The highest BCUT2D eigenvalue weighted by molar-refractivity contribution is 7.72. The predicted octanol–water partition coefficient (Wildman–Crippen LogP) is 0.537. The number of nitrogens with one attached hydrogen (secondary N) is 1. The summed E-state index contributed by atoms with van der Waals surface area (Å²) in [6.45, 7) is 6.16. The number of ether oxygens (including phenoxy) is 1. The average molecular weight is 368 g/mol. The first-order chi connectivity index (χ1) is 11.5. The number of hydrogen-bond donors (Lipinski definition) is 3. The number of H-pyrrole nitrogens is 1. The Bertz CT molecular complexity index is 897. The first kappa shape index (κ1) is 18.3. The van der Waals surface area contributed by atoms with Crippen LogP contribution in [-0.4, -0.2) is 73.3 Å². The van der Waals surface area contributed by atoms with Crippen LogP contribution in [0.1, 0.15) is 25.4 Å². The van der Waals surface area contributed by atoms with Crippen LogP contribution in [0.2, 0.25) is 0 Å². The molecule has 0 amide bonds. The molecule has 0 unspecified atom stereocenters. The Morgan fingerprint density at radius 1 is 1.52 bits per heavy atom. The molecule has 8 nitrogen and oxygen atoms in total. The van der Waals surface area contributed by atoms with Crippen LogP contribution in [0.5, 0.6) is 0 Å². The van der Waals surface area contributed by atoms with Crippen molar-refractivity contribution in [3.05, 3.63) is 22.5 Å². The Labute approximate surface area is 145 Å². The summed E-state index contributed by atoms with van der Waals surface area (Å²) in [4.78, 5) is 23.0. The number of nitrogens with zero attached hydrogens (tertiary/aromatic N) is 3. The van der Waals surface area contributed by atoms with E-state index in [1.807, 2.05) is 0 Å². The zero-order valence-corrected chi connectivity index (χ0v) is 15.8. The van der Waals surface area contributed by atoms with Crippen LogP contribution >= 0.6 is 6.89 Å². The van der Waals surface area contributed by atoms with Gasteiger partial charge in [-0.15, -0.1) is 13.2 Å². The molecule has 2 aromatic rings. The van der Waals surface area contributed by atoms with Gasteiger partial charge in [0.2, 0.25) is 0 Å². The normalized spacial score (nSPS) is 30.2. The molecule has 1 aliphatic rings. The van der Waals surface area contributed by atoms with Crippen molar-refractivity contribution < 1.29 is 14.9 Å². The number of hydrogen-bond acceptors (Lipinski definition) is 6. The molecule has 3 N–H and O–H groups in total. The van der Waals surface area contributed by atoms with E-state index in [0.29, 0.717) is 17.9 Å². The largest absolute Gasteiger partial charge is 0.387 e. The van der Waals surface area contributed by atoms with Gasteiger partial charge in [-0.3, -0.25) is 9.36 Å². The summed E-state index contributed by atoms with van der Waals surface area (Å²) in [5.74, 6) is 0.442. The Morgan fingerprint density at radius 2 is 2.20 bits per heavy atom. The lowest BCUT2D eigenvalue weighted by Gasteiger charge is -2.27. The zero-order valence-electron chi connectivity index (χ0n) is 14.9. The number of rotatable bonds is 4. The summed E-state index contributed by atoms with van der Waals surface area (Å²) < 4.78 is 7.50. The standard InChI is InChI=1S/C16H25N4O4P/c1-9-18-13-11(14(22)19-9)17-8-20(13)15-16(2,23)12(21)10(24-15)6-7-25(3,4)5/h8,10,12,15,21,23H,3,6-7H2,1-2,4-5H3,(H,18,19,22)/t10-,12-,15-,16+/m1/s1. The lowest BCUT2D eigenvalue weighted by molar-refractivity contribution is -0.0939. The molecule has 3 heterocycles. The molecule has 1 saturated heterocycles. The summed E-state index contributed by atoms with van der Waals surface area (Å²) in [5, 5.41) is 21.4. The van der Waals surface area contributed by atoms with Gasteiger partial charge in [0, 0.05) is 0 Å². The number of aryl methyl sites for hydroxylation is 1. The van der Waals surface area contributed by atoms with E-state index in [4.69, 9.17) is 4.74 Å². The lowest BCUT2D eigenvalue weighted by Crippen LogP contribution is -2.43. The molecule has 0 saturated carbocycles. The molecule has 0 bridgehead atoms. The number of aliphatic hydroxyl groups is 2. The van der Waals surface area contributed by atoms with Gasteiger partial charge in [0.1, 0.15) is 17.5 Å². The van der Waals surface area contributed by atoms with Crippen molar-refractivity contribution in [2.75, 3.05) is 19.5 Å². The van der Waals surface area contributed by atoms with Gasteiger partial charge in [0.25, 0.3) is 5.56 Å². The van der Waals surface area contributed by atoms with Crippen molar-refractivity contribution >= 4 is 24.3 Å². The van der Waals surface area contributed by atoms with Gasteiger partial charge in [-0.1, -0.05) is 0 Å². The van der Waals surface area contributed by atoms with E-state index < -0.39 is 30.9 Å². The third-order valence-electron chi connectivity index (χ3n) is 4.58. The van der Waals surface area contributed by atoms with Crippen molar-refractivity contribution in [3.8, 4) is 0 Å². The number of aromatic amines is 1. The highest BCUT2D eigenvalue weighted by atomic mass is 31.2. The number of imidazole rings is 1. The van der Waals surface area contributed by atoms with E-state index in [1.165, 1.54) is 17.8 Å². The molecule has 4 atom stereocenters.